The largest absolute Gasteiger partial charge is 0.310 e. The normalized spacial score (nSPS) is 18.8. The molecule has 3 rings (SSSR count). The first-order chi connectivity index (χ1) is 12.0. The van der Waals surface area contributed by atoms with E-state index in [1.807, 2.05) is 11.8 Å². The summed E-state index contributed by atoms with van der Waals surface area (Å²) in [7, 11) is 0. The van der Waals surface area contributed by atoms with E-state index in [0.717, 1.165) is 25.3 Å². The lowest BCUT2D eigenvalue weighted by Gasteiger charge is -2.39. The van der Waals surface area contributed by atoms with E-state index >= 15 is 0 Å². The Hall–Kier alpha value is -2.13. The summed E-state index contributed by atoms with van der Waals surface area (Å²) in [6.07, 6.45) is 0. The molecule has 0 saturated carbocycles. The standard InChI is InChI=1S/C22H28N2O/c1-16(2)19-9-11-21(12-10-19)24-14-13-23(18(4)22(24)25)15-20-8-6-5-7-17(20)3/h5-12,16,18H,13-15H2,1-4H3/t18-/m1/s1. The Morgan fingerprint density at radius 1 is 1.04 bits per heavy atom. The van der Waals surface area contributed by atoms with Crippen LogP contribution < -0.4 is 4.90 Å². The molecular formula is C22H28N2O. The fraction of sp³-hybridized carbons (Fsp3) is 0.409. The van der Waals surface area contributed by atoms with Gasteiger partial charge < -0.3 is 4.90 Å². The van der Waals surface area contributed by atoms with Crippen molar-refractivity contribution in [2.45, 2.75) is 46.2 Å². The maximum absolute atomic E-state index is 12.9. The maximum atomic E-state index is 12.9. The quantitative estimate of drug-likeness (QED) is 0.828. The second kappa shape index (κ2) is 7.40. The molecule has 0 bridgehead atoms. The number of carbonyl (C=O) groups excluding carboxylic acids is 1. The first-order valence-electron chi connectivity index (χ1n) is 9.17. The van der Waals surface area contributed by atoms with E-state index < -0.39 is 0 Å². The van der Waals surface area contributed by atoms with Crippen molar-refractivity contribution in [2.75, 3.05) is 18.0 Å². The summed E-state index contributed by atoms with van der Waals surface area (Å²) in [5, 5.41) is 0. The summed E-state index contributed by atoms with van der Waals surface area (Å²) in [5.41, 5.74) is 4.91. The van der Waals surface area contributed by atoms with Crippen LogP contribution in [0.25, 0.3) is 0 Å². The number of hydrogen-bond donors (Lipinski definition) is 0. The smallest absolute Gasteiger partial charge is 0.244 e. The van der Waals surface area contributed by atoms with Crippen molar-refractivity contribution in [3.05, 3.63) is 65.2 Å². The summed E-state index contributed by atoms with van der Waals surface area (Å²) in [4.78, 5) is 17.1. The van der Waals surface area contributed by atoms with Crippen molar-refractivity contribution in [1.29, 1.82) is 0 Å². The second-order valence-electron chi connectivity index (χ2n) is 7.31. The van der Waals surface area contributed by atoms with Gasteiger partial charge in [0.1, 0.15) is 0 Å². The number of anilines is 1. The minimum absolute atomic E-state index is 0.0990. The third-order valence-corrected chi connectivity index (χ3v) is 5.29. The van der Waals surface area contributed by atoms with Gasteiger partial charge in [-0.05, 0) is 48.6 Å². The third kappa shape index (κ3) is 3.77. The molecule has 0 unspecified atom stereocenters. The van der Waals surface area contributed by atoms with Gasteiger partial charge in [-0.15, -0.1) is 0 Å². The minimum atomic E-state index is -0.0990. The van der Waals surface area contributed by atoms with Crippen LogP contribution in [-0.4, -0.2) is 29.9 Å². The average molecular weight is 336 g/mol. The summed E-state index contributed by atoms with van der Waals surface area (Å²) in [6, 6.07) is 16.8. The zero-order chi connectivity index (χ0) is 18.0. The van der Waals surface area contributed by atoms with Crippen LogP contribution in [0, 0.1) is 6.92 Å². The van der Waals surface area contributed by atoms with Crippen LogP contribution in [0.4, 0.5) is 5.69 Å². The summed E-state index contributed by atoms with van der Waals surface area (Å²) in [6.45, 7) is 11.0. The van der Waals surface area contributed by atoms with Crippen LogP contribution in [-0.2, 0) is 11.3 Å². The second-order valence-corrected chi connectivity index (χ2v) is 7.31. The number of benzene rings is 2. The molecule has 25 heavy (non-hydrogen) atoms. The van der Waals surface area contributed by atoms with Gasteiger partial charge in [-0.2, -0.15) is 0 Å². The fourth-order valence-corrected chi connectivity index (χ4v) is 3.43. The molecule has 2 aromatic carbocycles. The van der Waals surface area contributed by atoms with Crippen molar-refractivity contribution in [2.24, 2.45) is 0 Å². The van der Waals surface area contributed by atoms with Gasteiger partial charge in [0.25, 0.3) is 0 Å². The topological polar surface area (TPSA) is 23.6 Å². The number of carbonyl (C=O) groups is 1. The van der Waals surface area contributed by atoms with Gasteiger partial charge in [0.05, 0.1) is 6.04 Å². The van der Waals surface area contributed by atoms with Crippen molar-refractivity contribution < 1.29 is 4.79 Å². The lowest BCUT2D eigenvalue weighted by Crippen LogP contribution is -2.55. The van der Waals surface area contributed by atoms with Gasteiger partial charge >= 0.3 is 0 Å². The number of amides is 1. The van der Waals surface area contributed by atoms with Crippen LogP contribution in [0.1, 0.15) is 43.4 Å². The van der Waals surface area contributed by atoms with Crippen LogP contribution in [0.5, 0.6) is 0 Å². The zero-order valence-electron chi connectivity index (χ0n) is 15.7. The molecule has 1 fully saturated rings. The molecule has 0 N–H and O–H groups in total. The Balaban J connectivity index is 1.72. The molecular weight excluding hydrogens is 308 g/mol. The summed E-state index contributed by atoms with van der Waals surface area (Å²) in [5.74, 6) is 0.701. The molecule has 2 aromatic rings. The minimum Gasteiger partial charge on any atom is -0.310 e. The lowest BCUT2D eigenvalue weighted by atomic mass is 10.0. The van der Waals surface area contributed by atoms with Gasteiger partial charge in [0.2, 0.25) is 5.91 Å². The molecule has 1 atom stereocenters. The van der Waals surface area contributed by atoms with Crippen molar-refractivity contribution in [1.82, 2.24) is 4.90 Å². The molecule has 1 amide bonds. The third-order valence-electron chi connectivity index (χ3n) is 5.29. The maximum Gasteiger partial charge on any atom is 0.244 e. The number of rotatable bonds is 4. The Bertz CT molecular complexity index is 736. The Morgan fingerprint density at radius 2 is 1.72 bits per heavy atom. The number of hydrogen-bond acceptors (Lipinski definition) is 2. The molecule has 0 aromatic heterocycles. The number of nitrogens with zero attached hydrogens (tertiary/aromatic N) is 2. The van der Waals surface area contributed by atoms with E-state index in [9.17, 15) is 4.79 Å². The predicted octanol–water partition coefficient (Wildman–Crippen LogP) is 4.36. The predicted molar refractivity (Wildman–Crippen MR) is 104 cm³/mol. The van der Waals surface area contributed by atoms with E-state index in [2.05, 4.69) is 74.2 Å². The molecule has 1 heterocycles. The molecule has 0 radical (unpaired) electrons. The molecule has 1 aliphatic rings. The lowest BCUT2D eigenvalue weighted by molar-refractivity contribution is -0.125. The summed E-state index contributed by atoms with van der Waals surface area (Å²) >= 11 is 0. The molecule has 132 valence electrons. The number of piperazine rings is 1. The van der Waals surface area contributed by atoms with Crippen molar-refractivity contribution in [3.8, 4) is 0 Å². The van der Waals surface area contributed by atoms with E-state index in [1.54, 1.807) is 0 Å². The summed E-state index contributed by atoms with van der Waals surface area (Å²) < 4.78 is 0. The molecule has 1 saturated heterocycles. The highest BCUT2D eigenvalue weighted by Crippen LogP contribution is 2.24. The van der Waals surface area contributed by atoms with Crippen LogP contribution >= 0.6 is 0 Å². The van der Waals surface area contributed by atoms with E-state index in [-0.39, 0.29) is 11.9 Å². The monoisotopic (exact) mass is 336 g/mol. The van der Waals surface area contributed by atoms with Gasteiger partial charge in [-0.3, -0.25) is 9.69 Å². The molecule has 3 heteroatoms. The van der Waals surface area contributed by atoms with Crippen molar-refractivity contribution >= 4 is 11.6 Å². The van der Waals surface area contributed by atoms with E-state index in [4.69, 9.17) is 0 Å². The van der Waals surface area contributed by atoms with Gasteiger partial charge in [-0.25, -0.2) is 0 Å². The first-order valence-corrected chi connectivity index (χ1v) is 9.17. The van der Waals surface area contributed by atoms with Crippen molar-refractivity contribution in [3.63, 3.8) is 0 Å². The van der Waals surface area contributed by atoms with Gasteiger partial charge in [-0.1, -0.05) is 50.2 Å². The highest BCUT2D eigenvalue weighted by molar-refractivity contribution is 5.97. The van der Waals surface area contributed by atoms with Gasteiger partial charge in [0.15, 0.2) is 0 Å². The average Bonchev–Trinajstić information content (AvgIpc) is 2.61. The van der Waals surface area contributed by atoms with Gasteiger partial charge in [0, 0.05) is 25.3 Å². The first kappa shape index (κ1) is 17.7. The SMILES string of the molecule is Cc1ccccc1CN1CCN(c2ccc(C(C)C)cc2)C(=O)[C@H]1C. The van der Waals surface area contributed by atoms with Crippen LogP contribution in [0.3, 0.4) is 0 Å². The Morgan fingerprint density at radius 3 is 2.36 bits per heavy atom. The number of aryl methyl sites for hydroxylation is 1. The highest BCUT2D eigenvalue weighted by Gasteiger charge is 2.32. The molecule has 1 aliphatic heterocycles. The van der Waals surface area contributed by atoms with E-state index in [0.29, 0.717) is 5.92 Å². The molecule has 0 spiro atoms. The van der Waals surface area contributed by atoms with Crippen LogP contribution in [0.2, 0.25) is 0 Å². The highest BCUT2D eigenvalue weighted by atomic mass is 16.2. The zero-order valence-corrected chi connectivity index (χ0v) is 15.7. The Kier molecular flexibility index (Phi) is 5.24. The molecule has 3 nitrogen and oxygen atoms in total. The van der Waals surface area contributed by atoms with E-state index in [1.165, 1.54) is 16.7 Å². The Labute approximate surface area is 151 Å². The van der Waals surface area contributed by atoms with Crippen LogP contribution in [0.15, 0.2) is 48.5 Å². The fourth-order valence-electron chi connectivity index (χ4n) is 3.43. The molecule has 0 aliphatic carbocycles.